The Morgan fingerprint density at radius 2 is 2.00 bits per heavy atom. The second-order valence-electron chi connectivity index (χ2n) is 4.95. The van der Waals surface area contributed by atoms with Gasteiger partial charge in [0.15, 0.2) is 0 Å². The van der Waals surface area contributed by atoms with Crippen LogP contribution in [-0.2, 0) is 9.59 Å². The lowest BCUT2D eigenvalue weighted by molar-refractivity contribution is -0.147. The predicted molar refractivity (Wildman–Crippen MR) is 80.5 cm³/mol. The van der Waals surface area contributed by atoms with Crippen LogP contribution in [0.2, 0.25) is 5.02 Å². The summed E-state index contributed by atoms with van der Waals surface area (Å²) in [4.78, 5) is 25.7. The topological polar surface area (TPSA) is 77.8 Å². The summed E-state index contributed by atoms with van der Waals surface area (Å²) in [7, 11) is 0. The molecule has 5 nitrogen and oxygen atoms in total. The normalized spacial score (nSPS) is 23.1. The molecule has 0 aliphatic carbocycles. The van der Waals surface area contributed by atoms with Gasteiger partial charge in [-0.1, -0.05) is 11.6 Å². The second-order valence-corrected chi connectivity index (χ2v) is 6.80. The minimum Gasteiger partial charge on any atom is -0.480 e. The number of β-amino-alcohol motifs (C(OH)–C–C–N with tert-alkyl or cyclic N) is 1. The van der Waals surface area contributed by atoms with Gasteiger partial charge in [0.1, 0.15) is 6.04 Å². The molecule has 1 aromatic carbocycles. The monoisotopic (exact) mass is 329 g/mol. The molecule has 1 heterocycles. The number of likely N-dealkylation sites (tertiary alicyclic amines) is 1. The maximum Gasteiger partial charge on any atom is 0.326 e. The Kier molecular flexibility index (Phi) is 5.13. The van der Waals surface area contributed by atoms with E-state index in [-0.39, 0.29) is 18.9 Å². The quantitative estimate of drug-likeness (QED) is 0.825. The summed E-state index contributed by atoms with van der Waals surface area (Å²) in [5, 5.41) is 18.9. The molecule has 2 rings (SSSR count). The van der Waals surface area contributed by atoms with Crippen LogP contribution < -0.4 is 0 Å². The molecule has 3 atom stereocenters. The summed E-state index contributed by atoms with van der Waals surface area (Å²) in [5.41, 5.74) is 0. The maximum absolute atomic E-state index is 12.4. The van der Waals surface area contributed by atoms with Crippen molar-refractivity contribution < 1.29 is 19.8 Å². The lowest BCUT2D eigenvalue weighted by atomic mass is 10.2. The fraction of sp³-hybridized carbons (Fsp3) is 0.429. The van der Waals surface area contributed by atoms with Crippen molar-refractivity contribution in [1.29, 1.82) is 0 Å². The molecule has 114 valence electrons. The second kappa shape index (κ2) is 6.68. The molecule has 1 fully saturated rings. The number of amides is 1. The summed E-state index contributed by atoms with van der Waals surface area (Å²) in [5.74, 6) is -1.36. The SMILES string of the molecule is CC(Sc1ccc(Cl)cc1)C(=O)N1C[C@@H](O)C[C@H]1C(=O)O. The molecule has 2 N–H and O–H groups in total. The molecule has 0 spiro atoms. The van der Waals surface area contributed by atoms with Crippen LogP contribution in [0.1, 0.15) is 13.3 Å². The van der Waals surface area contributed by atoms with E-state index in [1.54, 1.807) is 19.1 Å². The smallest absolute Gasteiger partial charge is 0.326 e. The number of hydrogen-bond donors (Lipinski definition) is 2. The molecule has 0 aromatic heterocycles. The number of hydrogen-bond acceptors (Lipinski definition) is 4. The van der Waals surface area contributed by atoms with Crippen LogP contribution in [0.4, 0.5) is 0 Å². The number of carbonyl (C=O) groups excluding carboxylic acids is 1. The number of carboxylic acid groups (broad SMARTS) is 1. The fourth-order valence-corrected chi connectivity index (χ4v) is 3.36. The first kappa shape index (κ1) is 16.1. The molecule has 0 radical (unpaired) electrons. The fourth-order valence-electron chi connectivity index (χ4n) is 2.29. The number of carboxylic acids is 1. The van der Waals surface area contributed by atoms with Crippen molar-refractivity contribution in [2.75, 3.05) is 6.54 Å². The number of aliphatic carboxylic acids is 1. The molecule has 21 heavy (non-hydrogen) atoms. The lowest BCUT2D eigenvalue weighted by Crippen LogP contribution is -2.44. The number of aliphatic hydroxyl groups excluding tert-OH is 1. The molecule has 7 heteroatoms. The van der Waals surface area contributed by atoms with Gasteiger partial charge >= 0.3 is 5.97 Å². The third-order valence-electron chi connectivity index (χ3n) is 3.32. The summed E-state index contributed by atoms with van der Waals surface area (Å²) in [6.45, 7) is 1.80. The molecule has 0 bridgehead atoms. The van der Waals surface area contributed by atoms with Gasteiger partial charge < -0.3 is 15.1 Å². The lowest BCUT2D eigenvalue weighted by Gasteiger charge is -2.24. The first-order chi connectivity index (χ1) is 9.88. The van der Waals surface area contributed by atoms with E-state index in [9.17, 15) is 14.7 Å². The van der Waals surface area contributed by atoms with E-state index >= 15 is 0 Å². The summed E-state index contributed by atoms with van der Waals surface area (Å²) >= 11 is 7.14. The van der Waals surface area contributed by atoms with Gasteiger partial charge in [-0.25, -0.2) is 4.79 Å². The minimum absolute atomic E-state index is 0.0708. The van der Waals surface area contributed by atoms with Gasteiger partial charge in [-0.2, -0.15) is 0 Å². The van der Waals surface area contributed by atoms with Crippen LogP contribution in [0.25, 0.3) is 0 Å². The summed E-state index contributed by atoms with van der Waals surface area (Å²) < 4.78 is 0. The Balaban J connectivity index is 2.04. The van der Waals surface area contributed by atoms with Crippen molar-refractivity contribution in [3.8, 4) is 0 Å². The first-order valence-corrected chi connectivity index (χ1v) is 7.78. The molecule has 1 amide bonds. The number of rotatable bonds is 4. The maximum atomic E-state index is 12.4. The molecule has 1 saturated heterocycles. The molecule has 1 aromatic rings. The Morgan fingerprint density at radius 1 is 1.38 bits per heavy atom. The van der Waals surface area contributed by atoms with Crippen LogP contribution in [0, 0.1) is 0 Å². The Hall–Kier alpha value is -1.24. The standard InChI is InChI=1S/C14H16ClNO4S/c1-8(21-11-4-2-9(15)3-5-11)13(18)16-7-10(17)6-12(16)14(19)20/h2-5,8,10,12,17H,6-7H2,1H3,(H,19,20)/t8?,10-,12-/m0/s1. The Morgan fingerprint density at radius 3 is 2.57 bits per heavy atom. The first-order valence-electron chi connectivity index (χ1n) is 6.52. The van der Waals surface area contributed by atoms with Gasteiger partial charge in [0, 0.05) is 22.9 Å². The van der Waals surface area contributed by atoms with Crippen molar-refractivity contribution in [2.45, 2.75) is 35.6 Å². The molecule has 1 aliphatic rings. The largest absolute Gasteiger partial charge is 0.480 e. The van der Waals surface area contributed by atoms with E-state index in [1.807, 2.05) is 12.1 Å². The van der Waals surface area contributed by atoms with Crippen LogP contribution >= 0.6 is 23.4 Å². The zero-order chi connectivity index (χ0) is 15.6. The van der Waals surface area contributed by atoms with Crippen molar-refractivity contribution in [3.05, 3.63) is 29.3 Å². The summed E-state index contributed by atoms with van der Waals surface area (Å²) in [6, 6.07) is 6.15. The van der Waals surface area contributed by atoms with Crippen molar-refractivity contribution in [1.82, 2.24) is 4.90 Å². The zero-order valence-corrected chi connectivity index (χ0v) is 13.0. The van der Waals surface area contributed by atoms with E-state index < -0.39 is 23.4 Å². The van der Waals surface area contributed by atoms with E-state index in [1.165, 1.54) is 16.7 Å². The number of carbonyl (C=O) groups is 2. The number of nitrogens with zero attached hydrogens (tertiary/aromatic N) is 1. The molecule has 0 saturated carbocycles. The van der Waals surface area contributed by atoms with E-state index in [2.05, 4.69) is 0 Å². The van der Waals surface area contributed by atoms with Crippen LogP contribution in [-0.4, -0.2) is 50.9 Å². The molecule has 1 aliphatic heterocycles. The predicted octanol–water partition coefficient (Wildman–Crippen LogP) is 1.87. The number of thioether (sulfide) groups is 1. The van der Waals surface area contributed by atoms with E-state index in [0.717, 1.165) is 4.90 Å². The van der Waals surface area contributed by atoms with E-state index in [0.29, 0.717) is 5.02 Å². The van der Waals surface area contributed by atoms with E-state index in [4.69, 9.17) is 16.7 Å². The van der Waals surface area contributed by atoms with Gasteiger partial charge in [-0.3, -0.25) is 4.79 Å². The van der Waals surface area contributed by atoms with Gasteiger partial charge in [0.2, 0.25) is 5.91 Å². The van der Waals surface area contributed by atoms with Crippen molar-refractivity contribution in [2.24, 2.45) is 0 Å². The minimum atomic E-state index is -1.08. The molecular formula is C14H16ClNO4S. The number of halogens is 1. The third kappa shape index (κ3) is 3.90. The highest BCUT2D eigenvalue weighted by atomic mass is 35.5. The van der Waals surface area contributed by atoms with Crippen molar-refractivity contribution >= 4 is 35.2 Å². The number of benzene rings is 1. The van der Waals surface area contributed by atoms with Gasteiger partial charge in [-0.05, 0) is 31.2 Å². The van der Waals surface area contributed by atoms with Gasteiger partial charge in [0.05, 0.1) is 11.4 Å². The highest BCUT2D eigenvalue weighted by Gasteiger charge is 2.40. The van der Waals surface area contributed by atoms with Gasteiger partial charge in [-0.15, -0.1) is 11.8 Å². The van der Waals surface area contributed by atoms with Crippen molar-refractivity contribution in [3.63, 3.8) is 0 Å². The summed E-state index contributed by atoms with van der Waals surface area (Å²) in [6.07, 6.45) is -0.692. The average molecular weight is 330 g/mol. The highest BCUT2D eigenvalue weighted by Crippen LogP contribution is 2.28. The van der Waals surface area contributed by atoms with Crippen LogP contribution in [0.3, 0.4) is 0 Å². The third-order valence-corrected chi connectivity index (χ3v) is 4.67. The molecule has 1 unspecified atom stereocenters. The number of aliphatic hydroxyl groups is 1. The molecular weight excluding hydrogens is 314 g/mol. The van der Waals surface area contributed by atoms with Gasteiger partial charge in [0.25, 0.3) is 0 Å². The van der Waals surface area contributed by atoms with Crippen LogP contribution in [0.15, 0.2) is 29.2 Å². The Bertz CT molecular complexity index is 536. The highest BCUT2D eigenvalue weighted by molar-refractivity contribution is 8.00. The Labute approximate surface area is 131 Å². The zero-order valence-electron chi connectivity index (χ0n) is 11.4. The average Bonchev–Trinajstić information content (AvgIpc) is 2.82. The van der Waals surface area contributed by atoms with Crippen LogP contribution in [0.5, 0.6) is 0 Å².